The molecule has 0 amide bonds. The second kappa shape index (κ2) is 4.15. The lowest BCUT2D eigenvalue weighted by molar-refractivity contribution is -0.141. The Bertz CT molecular complexity index is 375. The summed E-state index contributed by atoms with van der Waals surface area (Å²) in [5.74, 6) is -1.62. The van der Waals surface area contributed by atoms with Crippen LogP contribution < -0.4 is 5.73 Å². The SMILES string of the molecule is NCCc1nc(C(F)(F)F)c(C(=O)O)s1. The van der Waals surface area contributed by atoms with Crippen LogP contribution >= 0.6 is 11.3 Å². The van der Waals surface area contributed by atoms with Crippen molar-refractivity contribution in [3.63, 3.8) is 0 Å². The third-order valence-electron chi connectivity index (χ3n) is 1.49. The van der Waals surface area contributed by atoms with Gasteiger partial charge < -0.3 is 10.8 Å². The molecule has 1 aromatic rings. The average molecular weight is 240 g/mol. The van der Waals surface area contributed by atoms with Gasteiger partial charge >= 0.3 is 12.1 Å². The molecule has 8 heteroatoms. The van der Waals surface area contributed by atoms with Crippen LogP contribution in [0.25, 0.3) is 0 Å². The van der Waals surface area contributed by atoms with Crippen molar-refractivity contribution in [2.75, 3.05) is 6.54 Å². The van der Waals surface area contributed by atoms with Gasteiger partial charge in [-0.25, -0.2) is 9.78 Å². The minimum absolute atomic E-state index is 0.0854. The topological polar surface area (TPSA) is 76.2 Å². The molecule has 0 bridgehead atoms. The van der Waals surface area contributed by atoms with E-state index < -0.39 is 22.7 Å². The molecular weight excluding hydrogens is 233 g/mol. The van der Waals surface area contributed by atoms with Crippen molar-refractivity contribution in [3.05, 3.63) is 15.6 Å². The number of alkyl halides is 3. The zero-order valence-electron chi connectivity index (χ0n) is 7.34. The molecule has 3 N–H and O–H groups in total. The first-order valence-corrected chi connectivity index (χ1v) is 4.68. The van der Waals surface area contributed by atoms with Crippen LogP contribution in [0.2, 0.25) is 0 Å². The Morgan fingerprint density at radius 1 is 1.53 bits per heavy atom. The number of hydrogen-bond acceptors (Lipinski definition) is 4. The number of hydrogen-bond donors (Lipinski definition) is 2. The van der Waals surface area contributed by atoms with E-state index in [2.05, 4.69) is 4.98 Å². The number of aromatic nitrogens is 1. The van der Waals surface area contributed by atoms with E-state index in [1.165, 1.54) is 0 Å². The Morgan fingerprint density at radius 3 is 2.47 bits per heavy atom. The second-order valence-corrected chi connectivity index (χ2v) is 3.71. The van der Waals surface area contributed by atoms with Crippen molar-refractivity contribution < 1.29 is 23.1 Å². The molecule has 0 aromatic carbocycles. The first kappa shape index (κ1) is 11.9. The van der Waals surface area contributed by atoms with E-state index in [9.17, 15) is 18.0 Å². The second-order valence-electron chi connectivity index (χ2n) is 2.63. The normalized spacial score (nSPS) is 11.7. The predicted molar refractivity (Wildman–Crippen MR) is 46.8 cm³/mol. The number of rotatable bonds is 3. The molecule has 0 aliphatic carbocycles. The Morgan fingerprint density at radius 2 is 2.13 bits per heavy atom. The minimum atomic E-state index is -4.74. The first-order chi connectivity index (χ1) is 6.86. The molecule has 15 heavy (non-hydrogen) atoms. The number of nitrogens with two attached hydrogens (primary N) is 1. The lowest BCUT2D eigenvalue weighted by Gasteiger charge is -2.02. The number of carbonyl (C=O) groups is 1. The zero-order valence-corrected chi connectivity index (χ0v) is 8.15. The van der Waals surface area contributed by atoms with Gasteiger partial charge in [0.1, 0.15) is 4.88 Å². The van der Waals surface area contributed by atoms with Crippen LogP contribution in [0.5, 0.6) is 0 Å². The maximum absolute atomic E-state index is 12.3. The lowest BCUT2D eigenvalue weighted by atomic mass is 10.3. The Hall–Kier alpha value is -1.15. The fourth-order valence-corrected chi connectivity index (χ4v) is 1.87. The van der Waals surface area contributed by atoms with Crippen LogP contribution in [0.15, 0.2) is 0 Å². The highest BCUT2D eigenvalue weighted by atomic mass is 32.1. The molecule has 1 aromatic heterocycles. The Kier molecular flexibility index (Phi) is 3.30. The van der Waals surface area contributed by atoms with Crippen LogP contribution in [0.1, 0.15) is 20.4 Å². The number of aromatic carboxylic acids is 1. The van der Waals surface area contributed by atoms with Crippen molar-refractivity contribution in [2.45, 2.75) is 12.6 Å². The molecule has 0 spiro atoms. The summed E-state index contributed by atoms with van der Waals surface area (Å²) in [4.78, 5) is 13.0. The number of thiazole rings is 1. The van der Waals surface area contributed by atoms with Crippen LogP contribution in [-0.4, -0.2) is 22.6 Å². The largest absolute Gasteiger partial charge is 0.477 e. The number of carboxylic acids is 1. The highest BCUT2D eigenvalue weighted by Gasteiger charge is 2.39. The summed E-state index contributed by atoms with van der Waals surface area (Å²) in [5, 5.41) is 8.64. The zero-order chi connectivity index (χ0) is 11.6. The van der Waals surface area contributed by atoms with Gasteiger partial charge in [0.05, 0.1) is 5.01 Å². The molecule has 0 aliphatic heterocycles. The van der Waals surface area contributed by atoms with Crippen LogP contribution in [0.4, 0.5) is 13.2 Å². The van der Waals surface area contributed by atoms with Crippen molar-refractivity contribution in [2.24, 2.45) is 5.73 Å². The number of carboxylic acid groups (broad SMARTS) is 1. The third kappa shape index (κ3) is 2.66. The summed E-state index contributed by atoms with van der Waals surface area (Å²) < 4.78 is 36.9. The Labute approximate surface area is 86.5 Å². The van der Waals surface area contributed by atoms with Crippen LogP contribution in [0.3, 0.4) is 0 Å². The van der Waals surface area contributed by atoms with E-state index in [0.29, 0.717) is 11.3 Å². The smallest absolute Gasteiger partial charge is 0.435 e. The summed E-state index contributed by atoms with van der Waals surface area (Å²) in [6, 6.07) is 0. The van der Waals surface area contributed by atoms with Crippen molar-refractivity contribution in [3.8, 4) is 0 Å². The van der Waals surface area contributed by atoms with Crippen molar-refractivity contribution in [1.29, 1.82) is 0 Å². The monoisotopic (exact) mass is 240 g/mol. The van der Waals surface area contributed by atoms with E-state index in [-0.39, 0.29) is 18.0 Å². The van der Waals surface area contributed by atoms with Gasteiger partial charge in [-0.15, -0.1) is 11.3 Å². The third-order valence-corrected chi connectivity index (χ3v) is 2.60. The molecule has 0 aliphatic rings. The minimum Gasteiger partial charge on any atom is -0.477 e. The summed E-state index contributed by atoms with van der Waals surface area (Å²) in [7, 11) is 0. The van der Waals surface area contributed by atoms with Crippen molar-refractivity contribution in [1.82, 2.24) is 4.98 Å². The van der Waals surface area contributed by atoms with E-state index in [1.54, 1.807) is 0 Å². The standard InChI is InChI=1S/C7H7F3N2O2S/c8-7(9,10)5-4(6(13)14)15-3(12-5)1-2-11/h1-2,11H2,(H,13,14). The summed E-state index contributed by atoms with van der Waals surface area (Å²) >= 11 is 0.508. The quantitative estimate of drug-likeness (QED) is 0.836. The van der Waals surface area contributed by atoms with Crippen molar-refractivity contribution >= 4 is 17.3 Å². The Balaban J connectivity index is 3.18. The van der Waals surface area contributed by atoms with E-state index in [4.69, 9.17) is 10.8 Å². The molecule has 4 nitrogen and oxygen atoms in total. The maximum atomic E-state index is 12.3. The number of nitrogens with zero attached hydrogens (tertiary/aromatic N) is 1. The highest BCUT2D eigenvalue weighted by Crippen LogP contribution is 2.34. The highest BCUT2D eigenvalue weighted by molar-refractivity contribution is 7.13. The van der Waals surface area contributed by atoms with Gasteiger partial charge in [0.15, 0.2) is 5.69 Å². The van der Waals surface area contributed by atoms with Gasteiger partial charge in [0.25, 0.3) is 0 Å². The molecule has 0 atom stereocenters. The van der Waals surface area contributed by atoms with E-state index in [1.807, 2.05) is 0 Å². The van der Waals surface area contributed by atoms with Crippen LogP contribution in [-0.2, 0) is 12.6 Å². The summed E-state index contributed by atoms with van der Waals surface area (Å²) in [6.07, 6.45) is -4.60. The molecule has 84 valence electrons. The molecule has 0 radical (unpaired) electrons. The summed E-state index contributed by atoms with van der Waals surface area (Å²) in [6.45, 7) is 0.129. The predicted octanol–water partition coefficient (Wildman–Crippen LogP) is 1.36. The van der Waals surface area contributed by atoms with Gasteiger partial charge in [-0.2, -0.15) is 13.2 Å². The molecule has 0 saturated carbocycles. The average Bonchev–Trinajstić information content (AvgIpc) is 2.48. The van der Waals surface area contributed by atoms with Gasteiger partial charge in [-0.1, -0.05) is 0 Å². The maximum Gasteiger partial charge on any atom is 0.435 e. The van der Waals surface area contributed by atoms with Crippen LogP contribution in [0, 0.1) is 0 Å². The fraction of sp³-hybridized carbons (Fsp3) is 0.429. The van der Waals surface area contributed by atoms with Gasteiger partial charge in [0.2, 0.25) is 0 Å². The molecular formula is C7H7F3N2O2S. The lowest BCUT2D eigenvalue weighted by Crippen LogP contribution is -2.11. The van der Waals surface area contributed by atoms with Gasteiger partial charge in [-0.05, 0) is 6.54 Å². The molecule has 1 heterocycles. The molecule has 0 unspecified atom stereocenters. The van der Waals surface area contributed by atoms with Gasteiger partial charge in [0, 0.05) is 6.42 Å². The van der Waals surface area contributed by atoms with E-state index in [0.717, 1.165) is 0 Å². The fourth-order valence-electron chi connectivity index (χ4n) is 0.932. The first-order valence-electron chi connectivity index (χ1n) is 3.86. The van der Waals surface area contributed by atoms with E-state index >= 15 is 0 Å². The number of halogens is 3. The molecule has 0 fully saturated rings. The molecule has 1 rings (SSSR count). The summed E-state index contributed by atoms with van der Waals surface area (Å²) in [5.41, 5.74) is 3.80. The van der Waals surface area contributed by atoms with Gasteiger partial charge in [-0.3, -0.25) is 0 Å². The molecule has 0 saturated heterocycles.